The molecule has 1 atom stereocenters. The molecule has 0 spiro atoms. The van der Waals surface area contributed by atoms with Crippen molar-refractivity contribution in [1.29, 1.82) is 5.26 Å². The predicted molar refractivity (Wildman–Crippen MR) is 53.8 cm³/mol. The van der Waals surface area contributed by atoms with E-state index in [1.54, 1.807) is 0 Å². The number of hydrogen-bond acceptors (Lipinski definition) is 3. The zero-order valence-corrected chi connectivity index (χ0v) is 8.61. The van der Waals surface area contributed by atoms with Crippen molar-refractivity contribution in [3.63, 3.8) is 0 Å². The fourth-order valence-corrected chi connectivity index (χ4v) is 2.54. The summed E-state index contributed by atoms with van der Waals surface area (Å²) in [7, 11) is 0. The normalized spacial score (nSPS) is 30.4. The Bertz CT molecular complexity index is 218. The average molecular weight is 194 g/mol. The summed E-state index contributed by atoms with van der Waals surface area (Å²) < 4.78 is 5.35. The quantitative estimate of drug-likeness (QED) is 0.666. The Kier molecular flexibility index (Phi) is 3.39. The number of hydrogen-bond donors (Lipinski definition) is 0. The first-order chi connectivity index (χ1) is 6.90. The predicted octanol–water partition coefficient (Wildman–Crippen LogP) is 1.40. The molecule has 3 nitrogen and oxygen atoms in total. The number of likely N-dealkylation sites (tertiary alicyclic amines) is 1. The molecule has 2 rings (SSSR count). The Balaban J connectivity index is 1.79. The van der Waals surface area contributed by atoms with Crippen molar-refractivity contribution >= 4 is 0 Å². The van der Waals surface area contributed by atoms with Crippen LogP contribution in [0, 0.1) is 17.2 Å². The van der Waals surface area contributed by atoms with Crippen LogP contribution in [0.2, 0.25) is 0 Å². The van der Waals surface area contributed by atoms with Gasteiger partial charge in [-0.3, -0.25) is 4.90 Å². The second-order valence-electron chi connectivity index (χ2n) is 4.36. The average Bonchev–Trinajstić information content (AvgIpc) is 2.68. The minimum atomic E-state index is 0.628. The van der Waals surface area contributed by atoms with Crippen LogP contribution in [0.4, 0.5) is 0 Å². The molecule has 0 N–H and O–H groups in total. The van der Waals surface area contributed by atoms with Crippen molar-refractivity contribution in [1.82, 2.24) is 4.90 Å². The van der Waals surface area contributed by atoms with Gasteiger partial charge in [-0.15, -0.1) is 0 Å². The van der Waals surface area contributed by atoms with Gasteiger partial charge in [0.25, 0.3) is 0 Å². The maximum Gasteiger partial charge on any atom is 0.0625 e. The molecule has 0 bridgehead atoms. The molecular formula is C11H18N2O. The minimum Gasteiger partial charge on any atom is -0.381 e. The Morgan fingerprint density at radius 2 is 2.07 bits per heavy atom. The SMILES string of the molecule is N#CCC1CCN(C2CCOCC2)C1. The van der Waals surface area contributed by atoms with Crippen LogP contribution < -0.4 is 0 Å². The van der Waals surface area contributed by atoms with Crippen LogP contribution in [0.1, 0.15) is 25.7 Å². The molecule has 0 amide bonds. The van der Waals surface area contributed by atoms with Gasteiger partial charge in [-0.25, -0.2) is 0 Å². The van der Waals surface area contributed by atoms with Crippen molar-refractivity contribution in [2.75, 3.05) is 26.3 Å². The lowest BCUT2D eigenvalue weighted by atomic mass is 10.1. The summed E-state index contributed by atoms with van der Waals surface area (Å²) in [6.45, 7) is 4.17. The van der Waals surface area contributed by atoms with E-state index in [9.17, 15) is 0 Å². The van der Waals surface area contributed by atoms with Gasteiger partial charge in [0.05, 0.1) is 6.07 Å². The molecule has 2 aliphatic heterocycles. The zero-order chi connectivity index (χ0) is 9.80. The van der Waals surface area contributed by atoms with E-state index in [1.165, 1.54) is 25.8 Å². The molecule has 14 heavy (non-hydrogen) atoms. The third kappa shape index (κ3) is 2.26. The molecular weight excluding hydrogens is 176 g/mol. The van der Waals surface area contributed by atoms with E-state index in [2.05, 4.69) is 11.0 Å². The summed E-state index contributed by atoms with van der Waals surface area (Å²) in [5.74, 6) is 0.628. The van der Waals surface area contributed by atoms with Crippen LogP contribution in [-0.4, -0.2) is 37.2 Å². The first-order valence-electron chi connectivity index (χ1n) is 5.59. The van der Waals surface area contributed by atoms with E-state index in [0.717, 1.165) is 32.2 Å². The molecule has 2 saturated heterocycles. The molecule has 0 aromatic carbocycles. The van der Waals surface area contributed by atoms with Crippen LogP contribution >= 0.6 is 0 Å². The summed E-state index contributed by atoms with van der Waals surface area (Å²) in [5, 5.41) is 8.63. The smallest absolute Gasteiger partial charge is 0.0625 e. The van der Waals surface area contributed by atoms with Gasteiger partial charge in [0.15, 0.2) is 0 Å². The lowest BCUT2D eigenvalue weighted by Crippen LogP contribution is -2.37. The van der Waals surface area contributed by atoms with Gasteiger partial charge >= 0.3 is 0 Å². The lowest BCUT2D eigenvalue weighted by molar-refractivity contribution is 0.0412. The fraction of sp³-hybridized carbons (Fsp3) is 0.909. The highest BCUT2D eigenvalue weighted by Gasteiger charge is 2.28. The molecule has 0 aromatic rings. The molecule has 3 heteroatoms. The van der Waals surface area contributed by atoms with Gasteiger partial charge in [-0.05, 0) is 31.7 Å². The highest BCUT2D eigenvalue weighted by Crippen LogP contribution is 2.24. The highest BCUT2D eigenvalue weighted by atomic mass is 16.5. The molecule has 0 aliphatic carbocycles. The lowest BCUT2D eigenvalue weighted by Gasteiger charge is -2.30. The molecule has 1 unspecified atom stereocenters. The Morgan fingerprint density at radius 3 is 2.79 bits per heavy atom. The van der Waals surface area contributed by atoms with Crippen LogP contribution in [0.5, 0.6) is 0 Å². The Labute approximate surface area is 85.6 Å². The van der Waals surface area contributed by atoms with Crippen molar-refractivity contribution in [3.05, 3.63) is 0 Å². The van der Waals surface area contributed by atoms with Crippen molar-refractivity contribution in [3.8, 4) is 6.07 Å². The van der Waals surface area contributed by atoms with E-state index < -0.39 is 0 Å². The number of rotatable bonds is 2. The summed E-state index contributed by atoms with van der Waals surface area (Å²) in [6, 6.07) is 3.01. The molecule has 78 valence electrons. The summed E-state index contributed by atoms with van der Waals surface area (Å²) >= 11 is 0. The van der Waals surface area contributed by atoms with Crippen LogP contribution in [0.15, 0.2) is 0 Å². The Hall–Kier alpha value is -0.590. The van der Waals surface area contributed by atoms with Gasteiger partial charge in [-0.2, -0.15) is 5.26 Å². The third-order valence-electron chi connectivity index (χ3n) is 3.40. The van der Waals surface area contributed by atoms with Crippen molar-refractivity contribution < 1.29 is 4.74 Å². The fourth-order valence-electron chi connectivity index (χ4n) is 2.54. The second kappa shape index (κ2) is 4.77. The van der Waals surface area contributed by atoms with E-state index >= 15 is 0 Å². The van der Waals surface area contributed by atoms with Gasteiger partial charge < -0.3 is 4.74 Å². The van der Waals surface area contributed by atoms with E-state index in [4.69, 9.17) is 10.00 Å². The largest absolute Gasteiger partial charge is 0.381 e. The molecule has 0 aromatic heterocycles. The maximum atomic E-state index is 8.63. The summed E-state index contributed by atoms with van der Waals surface area (Å²) in [4.78, 5) is 2.56. The molecule has 2 fully saturated rings. The van der Waals surface area contributed by atoms with Gasteiger partial charge in [0.2, 0.25) is 0 Å². The van der Waals surface area contributed by atoms with Crippen molar-refractivity contribution in [2.24, 2.45) is 5.92 Å². The molecule has 0 radical (unpaired) electrons. The summed E-state index contributed by atoms with van der Waals surface area (Å²) in [5.41, 5.74) is 0. The van der Waals surface area contributed by atoms with Gasteiger partial charge in [0, 0.05) is 32.2 Å². The van der Waals surface area contributed by atoms with Crippen LogP contribution in [-0.2, 0) is 4.74 Å². The zero-order valence-electron chi connectivity index (χ0n) is 8.61. The Morgan fingerprint density at radius 1 is 1.29 bits per heavy atom. The van der Waals surface area contributed by atoms with E-state index in [1.807, 2.05) is 0 Å². The van der Waals surface area contributed by atoms with Crippen molar-refractivity contribution in [2.45, 2.75) is 31.7 Å². The molecule has 0 saturated carbocycles. The summed E-state index contributed by atoms with van der Waals surface area (Å²) in [6.07, 6.45) is 4.31. The van der Waals surface area contributed by atoms with Crippen LogP contribution in [0.3, 0.4) is 0 Å². The topological polar surface area (TPSA) is 36.3 Å². The first-order valence-corrected chi connectivity index (χ1v) is 5.59. The van der Waals surface area contributed by atoms with E-state index in [0.29, 0.717) is 5.92 Å². The van der Waals surface area contributed by atoms with E-state index in [-0.39, 0.29) is 0 Å². The number of ether oxygens (including phenoxy) is 1. The highest BCUT2D eigenvalue weighted by molar-refractivity contribution is 4.87. The third-order valence-corrected chi connectivity index (χ3v) is 3.40. The monoisotopic (exact) mass is 194 g/mol. The number of nitrogens with zero attached hydrogens (tertiary/aromatic N) is 2. The molecule has 2 heterocycles. The maximum absolute atomic E-state index is 8.63. The van der Waals surface area contributed by atoms with Gasteiger partial charge in [0.1, 0.15) is 0 Å². The standard InChI is InChI=1S/C11H18N2O/c12-5-1-10-2-6-13(9-10)11-3-7-14-8-4-11/h10-11H,1-4,6-9H2. The number of nitriles is 1. The minimum absolute atomic E-state index is 0.628. The van der Waals surface area contributed by atoms with Crippen LogP contribution in [0.25, 0.3) is 0 Å². The first kappa shape index (κ1) is 9.95. The second-order valence-corrected chi connectivity index (χ2v) is 4.36. The molecule has 2 aliphatic rings. The van der Waals surface area contributed by atoms with Gasteiger partial charge in [-0.1, -0.05) is 0 Å².